The molecule has 2 aromatic rings. The molecule has 0 radical (unpaired) electrons. The molecule has 156 valence electrons. The normalized spacial score (nSPS) is 18.5. The molecule has 1 aromatic heterocycles. The Balaban J connectivity index is 1.59. The molecule has 0 unspecified atom stereocenters. The summed E-state index contributed by atoms with van der Waals surface area (Å²) in [4.78, 5) is 18.9. The van der Waals surface area contributed by atoms with Gasteiger partial charge in [-0.25, -0.2) is 4.79 Å². The highest BCUT2D eigenvalue weighted by Crippen LogP contribution is 2.46. The number of ether oxygens (including phenoxy) is 1. The molecule has 2 heterocycles. The van der Waals surface area contributed by atoms with Gasteiger partial charge < -0.3 is 9.64 Å². The first-order chi connectivity index (χ1) is 14.7. The molecule has 0 bridgehead atoms. The van der Waals surface area contributed by atoms with Gasteiger partial charge in [0.05, 0.1) is 12.3 Å². The molecule has 1 aliphatic heterocycles. The largest absolute Gasteiger partial charge is 0.450 e. The van der Waals surface area contributed by atoms with Crippen molar-refractivity contribution in [3.8, 4) is 0 Å². The van der Waals surface area contributed by atoms with Crippen LogP contribution < -0.4 is 0 Å². The van der Waals surface area contributed by atoms with Crippen LogP contribution in [0.15, 0.2) is 36.0 Å². The number of aryl methyl sites for hydroxylation is 1. The van der Waals surface area contributed by atoms with Crippen LogP contribution >= 0.6 is 11.6 Å². The number of halogens is 1. The number of rotatable bonds is 2. The molecule has 1 aromatic carbocycles. The van der Waals surface area contributed by atoms with Crippen LogP contribution in [0.25, 0.3) is 5.57 Å². The van der Waals surface area contributed by atoms with E-state index in [1.807, 2.05) is 24.1 Å². The Morgan fingerprint density at radius 3 is 2.70 bits per heavy atom. The first-order valence-electron chi connectivity index (χ1n) is 11.1. The quantitative estimate of drug-likeness (QED) is 0.617. The van der Waals surface area contributed by atoms with Gasteiger partial charge in [-0.1, -0.05) is 23.2 Å². The van der Waals surface area contributed by atoms with E-state index >= 15 is 0 Å². The number of pyridine rings is 1. The lowest BCUT2D eigenvalue weighted by Crippen LogP contribution is -2.37. The predicted octanol–water partition coefficient (Wildman–Crippen LogP) is 5.77. The molecule has 2 fully saturated rings. The van der Waals surface area contributed by atoms with Crippen LogP contribution in [0.5, 0.6) is 0 Å². The van der Waals surface area contributed by atoms with Gasteiger partial charge in [-0.05, 0) is 91.8 Å². The van der Waals surface area contributed by atoms with Gasteiger partial charge in [0.2, 0.25) is 0 Å². The number of hydrogen-bond donors (Lipinski definition) is 0. The van der Waals surface area contributed by atoms with Crippen LogP contribution in [0.2, 0.25) is 5.02 Å². The van der Waals surface area contributed by atoms with Crippen LogP contribution in [-0.4, -0.2) is 35.7 Å². The van der Waals surface area contributed by atoms with Gasteiger partial charge >= 0.3 is 6.09 Å². The van der Waals surface area contributed by atoms with Gasteiger partial charge in [0.15, 0.2) is 0 Å². The van der Waals surface area contributed by atoms with Crippen LogP contribution in [0.3, 0.4) is 0 Å². The zero-order chi connectivity index (χ0) is 20.7. The highest BCUT2D eigenvalue weighted by Gasteiger charge is 2.31. The molecule has 4 nitrogen and oxygen atoms in total. The topological polar surface area (TPSA) is 42.4 Å². The molecule has 2 aliphatic carbocycles. The lowest BCUT2D eigenvalue weighted by molar-refractivity contribution is 0.104. The summed E-state index contributed by atoms with van der Waals surface area (Å²) in [6.07, 6.45) is 8.06. The van der Waals surface area contributed by atoms with E-state index in [9.17, 15) is 4.79 Å². The molecular formula is C25H27ClN2O2. The number of hydrogen-bond acceptors (Lipinski definition) is 3. The Morgan fingerprint density at radius 1 is 1.17 bits per heavy atom. The molecule has 1 saturated carbocycles. The first kappa shape index (κ1) is 19.6. The molecule has 0 spiro atoms. The van der Waals surface area contributed by atoms with Crippen LogP contribution in [0, 0.1) is 0 Å². The summed E-state index contributed by atoms with van der Waals surface area (Å²) >= 11 is 6.36. The predicted molar refractivity (Wildman–Crippen MR) is 119 cm³/mol. The molecule has 0 atom stereocenters. The van der Waals surface area contributed by atoms with Crippen molar-refractivity contribution < 1.29 is 9.53 Å². The standard InChI is InChI=1S/C25H27ClN2O2/c1-2-30-25(29)28-13-10-17(11-14-28)23-21-8-6-19(26)15-18(21)5-7-22-20(16-3-4-16)9-12-27-24(22)23/h6,8-9,12,15-16H,2-5,7,10-11,13-14H2,1H3. The van der Waals surface area contributed by atoms with E-state index in [-0.39, 0.29) is 6.09 Å². The van der Waals surface area contributed by atoms with Crippen molar-refractivity contribution in [1.29, 1.82) is 0 Å². The highest BCUT2D eigenvalue weighted by atomic mass is 35.5. The number of amides is 1. The molecule has 5 rings (SSSR count). The maximum Gasteiger partial charge on any atom is 0.409 e. The number of fused-ring (bicyclic) bond motifs is 2. The van der Waals surface area contributed by atoms with Gasteiger partial charge in [0.1, 0.15) is 0 Å². The summed E-state index contributed by atoms with van der Waals surface area (Å²) in [6, 6.07) is 8.50. The van der Waals surface area contributed by atoms with Crippen molar-refractivity contribution >= 4 is 23.3 Å². The third-order valence-electron chi connectivity index (χ3n) is 6.57. The zero-order valence-corrected chi connectivity index (χ0v) is 18.2. The number of nitrogens with zero attached hydrogens (tertiary/aromatic N) is 2. The number of piperidine rings is 1. The second-order valence-electron chi connectivity index (χ2n) is 8.47. The summed E-state index contributed by atoms with van der Waals surface area (Å²) in [6.45, 7) is 3.65. The Kier molecular flexibility index (Phi) is 5.28. The van der Waals surface area contributed by atoms with Crippen LogP contribution in [0.1, 0.15) is 66.5 Å². The third kappa shape index (κ3) is 3.62. The van der Waals surface area contributed by atoms with E-state index < -0.39 is 0 Å². The number of carbonyl (C=O) groups excluding carboxylic acids is 1. The van der Waals surface area contributed by atoms with Gasteiger partial charge in [-0.15, -0.1) is 0 Å². The summed E-state index contributed by atoms with van der Waals surface area (Å²) < 4.78 is 5.20. The maximum atomic E-state index is 12.2. The fourth-order valence-electron chi connectivity index (χ4n) is 4.94. The summed E-state index contributed by atoms with van der Waals surface area (Å²) in [5, 5.41) is 0.788. The fourth-order valence-corrected chi connectivity index (χ4v) is 5.14. The molecule has 1 saturated heterocycles. The monoisotopic (exact) mass is 422 g/mol. The average molecular weight is 423 g/mol. The third-order valence-corrected chi connectivity index (χ3v) is 6.81. The van der Waals surface area contributed by atoms with Crippen LogP contribution in [0.4, 0.5) is 4.79 Å². The van der Waals surface area contributed by atoms with Crippen molar-refractivity contribution in [3.63, 3.8) is 0 Å². The van der Waals surface area contributed by atoms with Crippen molar-refractivity contribution in [3.05, 3.63) is 69.0 Å². The summed E-state index contributed by atoms with van der Waals surface area (Å²) in [5.41, 5.74) is 9.29. The number of carbonyl (C=O) groups is 1. The van der Waals surface area contributed by atoms with E-state index in [1.165, 1.54) is 46.2 Å². The minimum atomic E-state index is -0.204. The number of benzene rings is 1. The Labute approximate surface area is 182 Å². The second kappa shape index (κ2) is 8.07. The van der Waals surface area contributed by atoms with Crippen LogP contribution in [-0.2, 0) is 17.6 Å². The molecular weight excluding hydrogens is 396 g/mol. The fraction of sp³-hybridized carbons (Fsp3) is 0.440. The molecule has 1 amide bonds. The second-order valence-corrected chi connectivity index (χ2v) is 8.90. The highest BCUT2D eigenvalue weighted by molar-refractivity contribution is 6.30. The van der Waals surface area contributed by atoms with E-state index in [2.05, 4.69) is 18.2 Å². The van der Waals surface area contributed by atoms with Crippen molar-refractivity contribution in [2.45, 2.75) is 51.4 Å². The maximum absolute atomic E-state index is 12.2. The Hall–Kier alpha value is -2.33. The number of likely N-dealkylation sites (tertiary alicyclic amines) is 1. The molecule has 30 heavy (non-hydrogen) atoms. The molecule has 0 N–H and O–H groups in total. The molecule has 3 aliphatic rings. The molecule has 5 heteroatoms. The van der Waals surface area contributed by atoms with E-state index in [0.29, 0.717) is 25.6 Å². The van der Waals surface area contributed by atoms with Gasteiger partial charge in [0.25, 0.3) is 0 Å². The SMILES string of the molecule is CCOC(=O)N1CCC(=C2c3ccc(Cl)cc3CCc3c(C4CC4)ccnc32)CC1. The van der Waals surface area contributed by atoms with E-state index in [1.54, 1.807) is 0 Å². The zero-order valence-electron chi connectivity index (χ0n) is 17.4. The lowest BCUT2D eigenvalue weighted by atomic mass is 9.87. The van der Waals surface area contributed by atoms with Gasteiger partial charge in [0, 0.05) is 29.9 Å². The van der Waals surface area contributed by atoms with Crippen molar-refractivity contribution in [2.24, 2.45) is 0 Å². The summed E-state index contributed by atoms with van der Waals surface area (Å²) in [7, 11) is 0. The van der Waals surface area contributed by atoms with Gasteiger partial charge in [-0.3, -0.25) is 4.98 Å². The lowest BCUT2D eigenvalue weighted by Gasteiger charge is -2.29. The van der Waals surface area contributed by atoms with E-state index in [0.717, 1.165) is 36.4 Å². The van der Waals surface area contributed by atoms with E-state index in [4.69, 9.17) is 21.3 Å². The van der Waals surface area contributed by atoms with Crippen molar-refractivity contribution in [1.82, 2.24) is 9.88 Å². The minimum absolute atomic E-state index is 0.204. The average Bonchev–Trinajstić information content (AvgIpc) is 3.60. The summed E-state index contributed by atoms with van der Waals surface area (Å²) in [5.74, 6) is 0.698. The first-order valence-corrected chi connectivity index (χ1v) is 11.4. The van der Waals surface area contributed by atoms with Gasteiger partial charge in [-0.2, -0.15) is 0 Å². The Bertz CT molecular complexity index is 1020. The van der Waals surface area contributed by atoms with Crippen molar-refractivity contribution in [2.75, 3.05) is 19.7 Å². The smallest absolute Gasteiger partial charge is 0.409 e. The number of aromatic nitrogens is 1. The minimum Gasteiger partial charge on any atom is -0.450 e. The Morgan fingerprint density at radius 2 is 1.97 bits per heavy atom.